The molecule has 1 aliphatic rings. The summed E-state index contributed by atoms with van der Waals surface area (Å²) in [6, 6.07) is 5.15. The van der Waals surface area contributed by atoms with Crippen molar-refractivity contribution in [3.63, 3.8) is 0 Å². The predicted molar refractivity (Wildman–Crippen MR) is 83.4 cm³/mol. The fourth-order valence-electron chi connectivity index (χ4n) is 2.98. The minimum atomic E-state index is -0.183. The van der Waals surface area contributed by atoms with Gasteiger partial charge in [-0.15, -0.1) is 0 Å². The van der Waals surface area contributed by atoms with Crippen LogP contribution in [-0.4, -0.2) is 25.8 Å². The Morgan fingerprint density at radius 1 is 1.45 bits per heavy atom. The van der Waals surface area contributed by atoms with Crippen LogP contribution in [0.15, 0.2) is 22.7 Å². The highest BCUT2D eigenvalue weighted by Gasteiger charge is 2.41. The first-order valence-corrected chi connectivity index (χ1v) is 8.12. The Balaban J connectivity index is 2.15. The monoisotopic (exact) mass is 343 g/mol. The number of nitrogens with one attached hydrogen (secondary N) is 1. The van der Waals surface area contributed by atoms with Gasteiger partial charge in [0.2, 0.25) is 0 Å². The normalized spacial score (nSPS) is 26.1. The Morgan fingerprint density at radius 3 is 2.85 bits per heavy atom. The third-order valence-corrected chi connectivity index (χ3v) is 4.67. The smallest absolute Gasteiger partial charge is 0.124 e. The first-order valence-electron chi connectivity index (χ1n) is 7.33. The number of ether oxygens (including phenoxy) is 1. The molecule has 2 nitrogen and oxygen atoms in total. The van der Waals surface area contributed by atoms with Gasteiger partial charge in [-0.25, -0.2) is 4.39 Å². The van der Waals surface area contributed by atoms with Crippen molar-refractivity contribution >= 4 is 15.9 Å². The number of benzene rings is 1. The summed E-state index contributed by atoms with van der Waals surface area (Å²) in [5, 5.41) is 3.51. The Kier molecular flexibility index (Phi) is 5.58. The Bertz CT molecular complexity index is 434. The van der Waals surface area contributed by atoms with E-state index < -0.39 is 0 Å². The SMILES string of the molecule is CCCNCC1(Cc2cc(F)cc(Br)c2)CCOC1C. The second-order valence-corrected chi connectivity index (χ2v) is 6.67. The fourth-order valence-corrected chi connectivity index (χ4v) is 3.49. The minimum absolute atomic E-state index is 0.0718. The van der Waals surface area contributed by atoms with E-state index in [0.29, 0.717) is 0 Å². The van der Waals surface area contributed by atoms with Gasteiger partial charge in [-0.3, -0.25) is 0 Å². The second kappa shape index (κ2) is 7.01. The molecule has 0 radical (unpaired) electrons. The largest absolute Gasteiger partial charge is 0.378 e. The van der Waals surface area contributed by atoms with Crippen molar-refractivity contribution in [3.05, 3.63) is 34.1 Å². The quantitative estimate of drug-likeness (QED) is 0.790. The van der Waals surface area contributed by atoms with Gasteiger partial charge in [0.05, 0.1) is 6.10 Å². The van der Waals surface area contributed by atoms with E-state index in [1.807, 2.05) is 6.07 Å². The van der Waals surface area contributed by atoms with Crippen molar-refractivity contribution in [1.82, 2.24) is 5.32 Å². The highest BCUT2D eigenvalue weighted by atomic mass is 79.9. The molecule has 1 saturated heterocycles. The third kappa shape index (κ3) is 3.80. The van der Waals surface area contributed by atoms with Crippen LogP contribution in [0.25, 0.3) is 0 Å². The van der Waals surface area contributed by atoms with E-state index in [4.69, 9.17) is 4.74 Å². The summed E-state index contributed by atoms with van der Waals surface area (Å²) in [6.07, 6.45) is 3.20. The molecule has 0 spiro atoms. The lowest BCUT2D eigenvalue weighted by molar-refractivity contribution is 0.0630. The molecular weight excluding hydrogens is 321 g/mol. The number of hydrogen-bond acceptors (Lipinski definition) is 2. The van der Waals surface area contributed by atoms with Crippen molar-refractivity contribution in [2.45, 2.75) is 39.2 Å². The lowest BCUT2D eigenvalue weighted by Gasteiger charge is -2.33. The topological polar surface area (TPSA) is 21.3 Å². The molecule has 2 rings (SSSR count). The van der Waals surface area contributed by atoms with Gasteiger partial charge in [0.15, 0.2) is 0 Å². The van der Waals surface area contributed by atoms with E-state index in [9.17, 15) is 4.39 Å². The van der Waals surface area contributed by atoms with Crippen molar-refractivity contribution in [1.29, 1.82) is 0 Å². The molecule has 1 aromatic rings. The average molecular weight is 344 g/mol. The summed E-state index contributed by atoms with van der Waals surface area (Å²) in [7, 11) is 0. The molecule has 0 aliphatic carbocycles. The molecular formula is C16H23BrFNO. The highest BCUT2D eigenvalue weighted by molar-refractivity contribution is 9.10. The first-order chi connectivity index (χ1) is 9.55. The van der Waals surface area contributed by atoms with Gasteiger partial charge in [0.1, 0.15) is 5.82 Å². The maximum absolute atomic E-state index is 13.6. The third-order valence-electron chi connectivity index (χ3n) is 4.21. The standard InChI is InChI=1S/C16H23BrFNO/c1-3-5-19-11-16(4-6-20-12(16)2)10-13-7-14(17)9-15(18)8-13/h7-9,12,19H,3-6,10-11H2,1-2H3. The van der Waals surface area contributed by atoms with Crippen molar-refractivity contribution in [3.8, 4) is 0 Å². The molecule has 1 aliphatic heterocycles. The summed E-state index contributed by atoms with van der Waals surface area (Å²) in [4.78, 5) is 0. The van der Waals surface area contributed by atoms with E-state index in [1.165, 1.54) is 6.07 Å². The van der Waals surface area contributed by atoms with Crippen LogP contribution in [0.3, 0.4) is 0 Å². The zero-order valence-corrected chi connectivity index (χ0v) is 13.8. The van der Waals surface area contributed by atoms with E-state index in [0.717, 1.165) is 49.0 Å². The van der Waals surface area contributed by atoms with Gasteiger partial charge in [-0.1, -0.05) is 22.9 Å². The summed E-state index contributed by atoms with van der Waals surface area (Å²) in [6.45, 7) is 7.04. The second-order valence-electron chi connectivity index (χ2n) is 5.76. The zero-order valence-electron chi connectivity index (χ0n) is 12.2. The molecule has 1 N–H and O–H groups in total. The van der Waals surface area contributed by atoms with Gasteiger partial charge in [-0.2, -0.15) is 0 Å². The predicted octanol–water partition coefficient (Wildman–Crippen LogP) is 3.93. The van der Waals surface area contributed by atoms with Crippen LogP contribution in [0.5, 0.6) is 0 Å². The number of rotatable bonds is 6. The van der Waals surface area contributed by atoms with Gasteiger partial charge < -0.3 is 10.1 Å². The van der Waals surface area contributed by atoms with Crippen molar-refractivity contribution < 1.29 is 9.13 Å². The Labute approximate surface area is 129 Å². The fraction of sp³-hybridized carbons (Fsp3) is 0.625. The summed E-state index contributed by atoms with van der Waals surface area (Å²) in [5.41, 5.74) is 1.11. The molecule has 112 valence electrons. The van der Waals surface area contributed by atoms with Gasteiger partial charge >= 0.3 is 0 Å². The van der Waals surface area contributed by atoms with E-state index >= 15 is 0 Å². The summed E-state index contributed by atoms with van der Waals surface area (Å²) >= 11 is 3.37. The zero-order chi connectivity index (χ0) is 14.6. The highest BCUT2D eigenvalue weighted by Crippen LogP contribution is 2.38. The molecule has 4 heteroatoms. The molecule has 20 heavy (non-hydrogen) atoms. The first kappa shape index (κ1) is 15.9. The molecule has 1 heterocycles. The van der Waals surface area contributed by atoms with E-state index in [-0.39, 0.29) is 17.3 Å². The van der Waals surface area contributed by atoms with Crippen LogP contribution in [0.4, 0.5) is 4.39 Å². The number of hydrogen-bond donors (Lipinski definition) is 1. The lowest BCUT2D eigenvalue weighted by Crippen LogP contribution is -2.41. The molecule has 0 aromatic heterocycles. The van der Waals surface area contributed by atoms with Crippen LogP contribution in [0, 0.1) is 11.2 Å². The summed E-state index contributed by atoms with van der Waals surface area (Å²) < 4.78 is 20.1. The Morgan fingerprint density at radius 2 is 2.25 bits per heavy atom. The van der Waals surface area contributed by atoms with Crippen LogP contribution in [0.1, 0.15) is 32.3 Å². The molecule has 2 unspecified atom stereocenters. The van der Waals surface area contributed by atoms with E-state index in [1.54, 1.807) is 6.07 Å². The van der Waals surface area contributed by atoms with Crippen LogP contribution >= 0.6 is 15.9 Å². The van der Waals surface area contributed by atoms with Gasteiger partial charge in [0.25, 0.3) is 0 Å². The van der Waals surface area contributed by atoms with Crippen LogP contribution < -0.4 is 5.32 Å². The molecule has 0 saturated carbocycles. The molecule has 0 amide bonds. The minimum Gasteiger partial charge on any atom is -0.378 e. The van der Waals surface area contributed by atoms with Gasteiger partial charge in [-0.05, 0) is 56.5 Å². The summed E-state index contributed by atoms with van der Waals surface area (Å²) in [5.74, 6) is -0.183. The molecule has 0 bridgehead atoms. The van der Waals surface area contributed by atoms with Crippen molar-refractivity contribution in [2.75, 3.05) is 19.7 Å². The maximum Gasteiger partial charge on any atom is 0.124 e. The average Bonchev–Trinajstić information content (AvgIpc) is 2.70. The van der Waals surface area contributed by atoms with Crippen molar-refractivity contribution in [2.24, 2.45) is 5.41 Å². The van der Waals surface area contributed by atoms with Gasteiger partial charge in [0, 0.05) is 23.0 Å². The maximum atomic E-state index is 13.6. The molecule has 2 atom stereocenters. The van der Waals surface area contributed by atoms with Crippen LogP contribution in [0.2, 0.25) is 0 Å². The molecule has 1 fully saturated rings. The Hall–Kier alpha value is -0.450. The van der Waals surface area contributed by atoms with E-state index in [2.05, 4.69) is 35.1 Å². The number of halogens is 2. The molecule has 1 aromatic carbocycles. The van der Waals surface area contributed by atoms with Crippen LogP contribution in [-0.2, 0) is 11.2 Å². The lowest BCUT2D eigenvalue weighted by atomic mass is 9.76.